The first-order chi connectivity index (χ1) is 6.83. The van der Waals surface area contributed by atoms with Gasteiger partial charge in [-0.05, 0) is 25.7 Å². The average molecular weight is 196 g/mol. The van der Waals surface area contributed by atoms with Gasteiger partial charge in [-0.15, -0.1) is 0 Å². The molecule has 1 heterocycles. The van der Waals surface area contributed by atoms with E-state index in [1.54, 1.807) is 0 Å². The SMILES string of the molecule is CCC1OCCC1C(=O)C1CCCC1. The van der Waals surface area contributed by atoms with Gasteiger partial charge in [0.15, 0.2) is 0 Å². The van der Waals surface area contributed by atoms with E-state index in [9.17, 15) is 4.79 Å². The van der Waals surface area contributed by atoms with E-state index in [2.05, 4.69) is 6.92 Å². The Hall–Kier alpha value is -0.370. The lowest BCUT2D eigenvalue weighted by atomic mass is 9.86. The predicted molar refractivity (Wildman–Crippen MR) is 55.1 cm³/mol. The topological polar surface area (TPSA) is 26.3 Å². The third-order valence-corrected chi connectivity index (χ3v) is 3.73. The minimum atomic E-state index is 0.225. The summed E-state index contributed by atoms with van der Waals surface area (Å²) >= 11 is 0. The molecule has 2 atom stereocenters. The molecule has 1 aliphatic carbocycles. The molecule has 1 aliphatic heterocycles. The monoisotopic (exact) mass is 196 g/mol. The Balaban J connectivity index is 1.95. The average Bonchev–Trinajstić information content (AvgIpc) is 2.87. The summed E-state index contributed by atoms with van der Waals surface area (Å²) in [6.45, 7) is 2.91. The number of ketones is 1. The van der Waals surface area contributed by atoms with E-state index in [0.717, 1.165) is 32.3 Å². The van der Waals surface area contributed by atoms with Gasteiger partial charge in [0.25, 0.3) is 0 Å². The van der Waals surface area contributed by atoms with Crippen LogP contribution in [0.2, 0.25) is 0 Å². The standard InChI is InChI=1S/C12H20O2/c1-2-11-10(7-8-14-11)12(13)9-5-3-4-6-9/h9-11H,2-8H2,1H3. The Labute approximate surface area is 86.0 Å². The van der Waals surface area contributed by atoms with Gasteiger partial charge in [-0.1, -0.05) is 19.8 Å². The number of Topliss-reactive ketones (excluding diaryl/α,β-unsaturated/α-hetero) is 1. The van der Waals surface area contributed by atoms with Crippen molar-refractivity contribution in [1.82, 2.24) is 0 Å². The van der Waals surface area contributed by atoms with E-state index in [0.29, 0.717) is 11.7 Å². The molecule has 2 aliphatic rings. The first kappa shape index (κ1) is 10.2. The molecule has 0 aromatic carbocycles. The number of hydrogen-bond acceptors (Lipinski definition) is 2. The fraction of sp³-hybridized carbons (Fsp3) is 0.917. The Bertz CT molecular complexity index is 206. The summed E-state index contributed by atoms with van der Waals surface area (Å²) in [7, 11) is 0. The van der Waals surface area contributed by atoms with E-state index in [1.807, 2.05) is 0 Å². The molecular formula is C12H20O2. The van der Waals surface area contributed by atoms with Gasteiger partial charge < -0.3 is 4.74 Å². The number of carbonyl (C=O) groups excluding carboxylic acids is 1. The van der Waals surface area contributed by atoms with Crippen molar-refractivity contribution >= 4 is 5.78 Å². The molecule has 0 N–H and O–H groups in total. The molecule has 2 heteroatoms. The highest BCUT2D eigenvalue weighted by molar-refractivity contribution is 5.84. The van der Waals surface area contributed by atoms with Crippen LogP contribution in [0.1, 0.15) is 45.4 Å². The van der Waals surface area contributed by atoms with Crippen LogP contribution in [0.4, 0.5) is 0 Å². The van der Waals surface area contributed by atoms with E-state index < -0.39 is 0 Å². The maximum absolute atomic E-state index is 12.1. The largest absolute Gasteiger partial charge is 0.377 e. The van der Waals surface area contributed by atoms with Crippen molar-refractivity contribution in [2.24, 2.45) is 11.8 Å². The van der Waals surface area contributed by atoms with E-state index >= 15 is 0 Å². The Kier molecular flexibility index (Phi) is 3.22. The first-order valence-electron chi connectivity index (χ1n) is 5.98. The van der Waals surface area contributed by atoms with Crippen molar-refractivity contribution in [3.63, 3.8) is 0 Å². The molecule has 2 unspecified atom stereocenters. The molecule has 0 radical (unpaired) electrons. The molecule has 2 nitrogen and oxygen atoms in total. The summed E-state index contributed by atoms with van der Waals surface area (Å²) in [6, 6.07) is 0. The normalized spacial score (nSPS) is 33.8. The molecule has 0 aromatic heterocycles. The van der Waals surface area contributed by atoms with E-state index in [1.165, 1.54) is 12.8 Å². The van der Waals surface area contributed by atoms with Gasteiger partial charge in [0.05, 0.1) is 6.10 Å². The van der Waals surface area contributed by atoms with E-state index in [-0.39, 0.29) is 12.0 Å². The zero-order valence-corrected chi connectivity index (χ0v) is 9.00. The number of rotatable bonds is 3. The summed E-state index contributed by atoms with van der Waals surface area (Å²) in [5.41, 5.74) is 0. The van der Waals surface area contributed by atoms with Crippen molar-refractivity contribution in [1.29, 1.82) is 0 Å². The molecule has 2 rings (SSSR count). The summed E-state index contributed by atoms with van der Waals surface area (Å²) in [5, 5.41) is 0. The van der Waals surface area contributed by atoms with Crippen molar-refractivity contribution in [3.8, 4) is 0 Å². The maximum atomic E-state index is 12.1. The van der Waals surface area contributed by atoms with E-state index in [4.69, 9.17) is 4.74 Å². The third kappa shape index (κ3) is 1.85. The van der Waals surface area contributed by atoms with Gasteiger partial charge in [0.2, 0.25) is 0 Å². The summed E-state index contributed by atoms with van der Waals surface area (Å²) in [5.74, 6) is 1.10. The second-order valence-corrected chi connectivity index (χ2v) is 4.60. The minimum Gasteiger partial charge on any atom is -0.377 e. The number of carbonyl (C=O) groups is 1. The quantitative estimate of drug-likeness (QED) is 0.693. The molecule has 0 bridgehead atoms. The van der Waals surface area contributed by atoms with Crippen molar-refractivity contribution in [2.75, 3.05) is 6.61 Å². The zero-order chi connectivity index (χ0) is 9.97. The first-order valence-corrected chi connectivity index (χ1v) is 5.98. The van der Waals surface area contributed by atoms with Crippen LogP contribution in [-0.4, -0.2) is 18.5 Å². The van der Waals surface area contributed by atoms with Gasteiger partial charge in [0, 0.05) is 18.4 Å². The second-order valence-electron chi connectivity index (χ2n) is 4.60. The van der Waals surface area contributed by atoms with Crippen LogP contribution in [0.15, 0.2) is 0 Å². The van der Waals surface area contributed by atoms with Crippen molar-refractivity contribution in [3.05, 3.63) is 0 Å². The molecule has 0 amide bonds. The molecule has 2 fully saturated rings. The summed E-state index contributed by atoms with van der Waals surface area (Å²) in [6.07, 6.45) is 6.94. The Morgan fingerprint density at radius 2 is 2.00 bits per heavy atom. The lowest BCUT2D eigenvalue weighted by Gasteiger charge is -2.18. The van der Waals surface area contributed by atoms with Crippen molar-refractivity contribution < 1.29 is 9.53 Å². The van der Waals surface area contributed by atoms with Crippen LogP contribution in [0.5, 0.6) is 0 Å². The zero-order valence-electron chi connectivity index (χ0n) is 9.00. The lowest BCUT2D eigenvalue weighted by Crippen LogP contribution is -2.28. The minimum absolute atomic E-state index is 0.225. The smallest absolute Gasteiger partial charge is 0.141 e. The highest BCUT2D eigenvalue weighted by atomic mass is 16.5. The molecule has 14 heavy (non-hydrogen) atoms. The predicted octanol–water partition coefficient (Wildman–Crippen LogP) is 2.56. The molecule has 1 saturated heterocycles. The number of ether oxygens (including phenoxy) is 1. The summed E-state index contributed by atoms with van der Waals surface area (Å²) < 4.78 is 5.57. The Morgan fingerprint density at radius 3 is 2.64 bits per heavy atom. The van der Waals surface area contributed by atoms with Crippen LogP contribution in [0.3, 0.4) is 0 Å². The van der Waals surface area contributed by atoms with Crippen LogP contribution >= 0.6 is 0 Å². The highest BCUT2D eigenvalue weighted by Gasteiger charge is 2.37. The van der Waals surface area contributed by atoms with Gasteiger partial charge >= 0.3 is 0 Å². The lowest BCUT2D eigenvalue weighted by molar-refractivity contribution is -0.128. The van der Waals surface area contributed by atoms with Gasteiger partial charge in [-0.25, -0.2) is 0 Å². The van der Waals surface area contributed by atoms with Crippen LogP contribution in [-0.2, 0) is 9.53 Å². The van der Waals surface area contributed by atoms with Crippen LogP contribution in [0.25, 0.3) is 0 Å². The van der Waals surface area contributed by atoms with Gasteiger partial charge in [-0.2, -0.15) is 0 Å². The molecule has 80 valence electrons. The summed E-state index contributed by atoms with van der Waals surface area (Å²) in [4.78, 5) is 12.1. The number of hydrogen-bond donors (Lipinski definition) is 0. The van der Waals surface area contributed by atoms with Gasteiger partial charge in [0.1, 0.15) is 5.78 Å². The van der Waals surface area contributed by atoms with Crippen molar-refractivity contribution in [2.45, 2.75) is 51.6 Å². The highest BCUT2D eigenvalue weighted by Crippen LogP contribution is 2.33. The Morgan fingerprint density at radius 1 is 1.29 bits per heavy atom. The molecular weight excluding hydrogens is 176 g/mol. The maximum Gasteiger partial charge on any atom is 0.141 e. The fourth-order valence-corrected chi connectivity index (χ4v) is 2.89. The third-order valence-electron chi connectivity index (χ3n) is 3.73. The second kappa shape index (κ2) is 4.43. The van der Waals surface area contributed by atoms with Gasteiger partial charge in [-0.3, -0.25) is 4.79 Å². The molecule has 1 saturated carbocycles. The van der Waals surface area contributed by atoms with Crippen LogP contribution < -0.4 is 0 Å². The fourth-order valence-electron chi connectivity index (χ4n) is 2.89. The van der Waals surface area contributed by atoms with Crippen LogP contribution in [0, 0.1) is 11.8 Å². The molecule has 0 aromatic rings. The molecule has 0 spiro atoms.